The van der Waals surface area contributed by atoms with Gasteiger partial charge in [-0.05, 0) is 23.3 Å². The smallest absolute Gasteiger partial charge is 0.123 e. The van der Waals surface area contributed by atoms with Crippen LogP contribution < -0.4 is 0 Å². The highest BCUT2D eigenvalue weighted by molar-refractivity contribution is 5.58. The Kier molecular flexibility index (Phi) is 1.90. The highest BCUT2D eigenvalue weighted by atomic mass is 19.1. The van der Waals surface area contributed by atoms with Gasteiger partial charge in [-0.15, -0.1) is 0 Å². The number of fused-ring (bicyclic) bond motifs is 1. The van der Waals surface area contributed by atoms with E-state index in [1.54, 1.807) is 6.08 Å². The normalized spacial score (nSPS) is 25.8. The molecule has 0 radical (unpaired) electrons. The molecule has 3 heteroatoms. The van der Waals surface area contributed by atoms with Crippen molar-refractivity contribution in [2.75, 3.05) is 0 Å². The number of aliphatic hydroxyl groups excluding tert-OH is 2. The van der Waals surface area contributed by atoms with Crippen LogP contribution in [-0.4, -0.2) is 16.3 Å². The molecule has 68 valence electrons. The lowest BCUT2D eigenvalue weighted by Gasteiger charge is -2.21. The summed E-state index contributed by atoms with van der Waals surface area (Å²) in [5, 5.41) is 18.8. The number of halogens is 1. The molecule has 0 amide bonds. The zero-order valence-electron chi connectivity index (χ0n) is 6.81. The van der Waals surface area contributed by atoms with Gasteiger partial charge in [0.15, 0.2) is 0 Å². The van der Waals surface area contributed by atoms with Gasteiger partial charge in [0, 0.05) is 0 Å². The lowest BCUT2D eigenvalue weighted by molar-refractivity contribution is 0.0469. The molecule has 0 aliphatic heterocycles. The molecule has 2 nitrogen and oxygen atoms in total. The third-order valence-electron chi connectivity index (χ3n) is 2.16. The molecule has 0 saturated heterocycles. The van der Waals surface area contributed by atoms with Gasteiger partial charge in [-0.1, -0.05) is 18.2 Å². The van der Waals surface area contributed by atoms with Crippen LogP contribution in [0.1, 0.15) is 17.2 Å². The molecule has 0 heterocycles. The minimum absolute atomic E-state index is 0.341. The maximum absolute atomic E-state index is 12.7. The minimum atomic E-state index is -0.944. The van der Waals surface area contributed by atoms with Gasteiger partial charge in [-0.2, -0.15) is 0 Å². The van der Waals surface area contributed by atoms with Crippen LogP contribution in [0.4, 0.5) is 4.39 Å². The molecule has 0 fully saturated rings. The Hall–Kier alpha value is -1.19. The molecule has 0 unspecified atom stereocenters. The molecular formula is C10H9FO2. The number of hydrogen-bond acceptors (Lipinski definition) is 2. The summed E-state index contributed by atoms with van der Waals surface area (Å²) in [6, 6.07) is 4.09. The number of rotatable bonds is 0. The third kappa shape index (κ3) is 1.36. The van der Waals surface area contributed by atoms with Crippen LogP contribution in [0.25, 0.3) is 6.08 Å². The Bertz CT molecular complexity index is 360. The molecule has 0 spiro atoms. The van der Waals surface area contributed by atoms with Crippen molar-refractivity contribution in [1.29, 1.82) is 0 Å². The molecule has 2 atom stereocenters. The molecule has 2 N–H and O–H groups in total. The maximum atomic E-state index is 12.7. The van der Waals surface area contributed by atoms with Crippen LogP contribution in [0.2, 0.25) is 0 Å². The van der Waals surface area contributed by atoms with E-state index >= 15 is 0 Å². The van der Waals surface area contributed by atoms with E-state index in [0.717, 1.165) is 0 Å². The summed E-state index contributed by atoms with van der Waals surface area (Å²) in [6.45, 7) is 0. The fraction of sp³-hybridized carbons (Fsp3) is 0.200. The maximum Gasteiger partial charge on any atom is 0.123 e. The Morgan fingerprint density at radius 3 is 2.77 bits per heavy atom. The van der Waals surface area contributed by atoms with E-state index in [4.69, 9.17) is 0 Å². The van der Waals surface area contributed by atoms with Crippen LogP contribution in [0.5, 0.6) is 0 Å². The molecule has 0 aromatic heterocycles. The van der Waals surface area contributed by atoms with E-state index in [9.17, 15) is 14.6 Å². The van der Waals surface area contributed by atoms with Gasteiger partial charge in [-0.25, -0.2) is 4.39 Å². The average molecular weight is 180 g/mol. The summed E-state index contributed by atoms with van der Waals surface area (Å²) in [6.07, 6.45) is 1.22. The highest BCUT2D eigenvalue weighted by Crippen LogP contribution is 2.28. The minimum Gasteiger partial charge on any atom is -0.386 e. The van der Waals surface area contributed by atoms with Crippen LogP contribution in [0, 0.1) is 5.82 Å². The first-order chi connectivity index (χ1) is 6.18. The van der Waals surface area contributed by atoms with Gasteiger partial charge in [0.1, 0.15) is 18.0 Å². The topological polar surface area (TPSA) is 40.5 Å². The quantitative estimate of drug-likeness (QED) is 0.630. The Labute approximate surface area is 74.9 Å². The van der Waals surface area contributed by atoms with Gasteiger partial charge in [-0.3, -0.25) is 0 Å². The fourth-order valence-corrected chi connectivity index (χ4v) is 1.45. The molecule has 0 bridgehead atoms. The lowest BCUT2D eigenvalue weighted by atomic mass is 9.93. The van der Waals surface area contributed by atoms with Crippen molar-refractivity contribution in [3.63, 3.8) is 0 Å². The lowest BCUT2D eigenvalue weighted by Crippen LogP contribution is -2.19. The standard InChI is InChI=1S/C10H9FO2/c11-7-2-3-8-6(5-7)1-4-9(12)10(8)13/h1-5,9-10,12-13H/t9-,10+/m0/s1. The number of aliphatic hydroxyl groups is 2. The van der Waals surface area contributed by atoms with Crippen molar-refractivity contribution in [1.82, 2.24) is 0 Å². The molecular weight excluding hydrogens is 171 g/mol. The Morgan fingerprint density at radius 1 is 1.23 bits per heavy atom. The first-order valence-corrected chi connectivity index (χ1v) is 4.02. The van der Waals surface area contributed by atoms with E-state index in [1.807, 2.05) is 0 Å². The predicted octanol–water partition coefficient (Wildman–Crippen LogP) is 1.25. The SMILES string of the molecule is O[C@@H]1c2ccc(F)cc2C=C[C@@H]1O. The van der Waals surface area contributed by atoms with E-state index in [-0.39, 0.29) is 5.82 Å². The molecule has 1 aliphatic rings. The second-order valence-corrected chi connectivity index (χ2v) is 3.07. The van der Waals surface area contributed by atoms with Crippen molar-refractivity contribution < 1.29 is 14.6 Å². The molecule has 13 heavy (non-hydrogen) atoms. The van der Waals surface area contributed by atoms with Crippen molar-refractivity contribution in [3.05, 3.63) is 41.2 Å². The van der Waals surface area contributed by atoms with E-state index in [0.29, 0.717) is 11.1 Å². The second kappa shape index (κ2) is 2.94. The molecule has 2 rings (SSSR count). The Balaban J connectivity index is 2.52. The van der Waals surface area contributed by atoms with Crippen LogP contribution >= 0.6 is 0 Å². The molecule has 1 aromatic rings. The van der Waals surface area contributed by atoms with E-state index in [2.05, 4.69) is 0 Å². The van der Waals surface area contributed by atoms with Crippen LogP contribution in [0.3, 0.4) is 0 Å². The fourth-order valence-electron chi connectivity index (χ4n) is 1.45. The highest BCUT2D eigenvalue weighted by Gasteiger charge is 2.21. The van der Waals surface area contributed by atoms with Crippen LogP contribution in [0.15, 0.2) is 24.3 Å². The molecule has 1 aliphatic carbocycles. The zero-order chi connectivity index (χ0) is 9.42. The van der Waals surface area contributed by atoms with E-state index < -0.39 is 12.2 Å². The second-order valence-electron chi connectivity index (χ2n) is 3.07. The molecule has 0 saturated carbocycles. The van der Waals surface area contributed by atoms with Gasteiger partial charge in [0.05, 0.1) is 0 Å². The van der Waals surface area contributed by atoms with Crippen molar-refractivity contribution in [3.8, 4) is 0 Å². The zero-order valence-corrected chi connectivity index (χ0v) is 6.81. The first-order valence-electron chi connectivity index (χ1n) is 4.02. The summed E-state index contributed by atoms with van der Waals surface area (Å²) in [4.78, 5) is 0. The summed E-state index contributed by atoms with van der Waals surface area (Å²) in [5.41, 5.74) is 1.19. The largest absolute Gasteiger partial charge is 0.386 e. The monoisotopic (exact) mass is 180 g/mol. The average Bonchev–Trinajstić information content (AvgIpc) is 2.12. The Morgan fingerprint density at radius 2 is 2.00 bits per heavy atom. The van der Waals surface area contributed by atoms with Crippen molar-refractivity contribution in [2.24, 2.45) is 0 Å². The summed E-state index contributed by atoms with van der Waals surface area (Å²) >= 11 is 0. The van der Waals surface area contributed by atoms with Gasteiger partial charge >= 0.3 is 0 Å². The third-order valence-corrected chi connectivity index (χ3v) is 2.16. The van der Waals surface area contributed by atoms with Crippen LogP contribution in [-0.2, 0) is 0 Å². The summed E-state index contributed by atoms with van der Waals surface area (Å²) < 4.78 is 12.7. The number of hydrogen-bond donors (Lipinski definition) is 2. The van der Waals surface area contributed by atoms with Crippen molar-refractivity contribution >= 4 is 6.08 Å². The first kappa shape index (κ1) is 8.41. The molecule has 1 aromatic carbocycles. The van der Waals surface area contributed by atoms with Gasteiger partial charge in [0.25, 0.3) is 0 Å². The summed E-state index contributed by atoms with van der Waals surface area (Å²) in [5.74, 6) is -0.341. The van der Waals surface area contributed by atoms with Gasteiger partial charge in [0.2, 0.25) is 0 Å². The number of benzene rings is 1. The predicted molar refractivity (Wildman–Crippen MR) is 46.4 cm³/mol. The summed E-state index contributed by atoms with van der Waals surface area (Å²) in [7, 11) is 0. The van der Waals surface area contributed by atoms with Gasteiger partial charge < -0.3 is 10.2 Å². The van der Waals surface area contributed by atoms with E-state index in [1.165, 1.54) is 24.3 Å². The van der Waals surface area contributed by atoms with Crippen molar-refractivity contribution in [2.45, 2.75) is 12.2 Å².